The Balaban J connectivity index is 3.39. The fraction of sp³-hybridized carbons (Fsp3) is 0.800. The number of unbranched alkanes of at least 4 members (excludes halogenated alkanes) is 1. The number of carbonyl (C=O) groups is 2. The van der Waals surface area contributed by atoms with Crippen LogP contribution in [-0.2, 0) is 14.3 Å². The van der Waals surface area contributed by atoms with Crippen molar-refractivity contribution < 1.29 is 24.2 Å². The molecule has 16 heavy (non-hydrogen) atoms. The molecule has 6 heteroatoms. The van der Waals surface area contributed by atoms with Crippen LogP contribution in [0.25, 0.3) is 0 Å². The number of carbonyl (C=O) groups excluding carboxylic acids is 2. The maximum absolute atomic E-state index is 11.0. The lowest BCUT2D eigenvalue weighted by Gasteiger charge is -2.09. The zero-order valence-corrected chi connectivity index (χ0v) is 9.48. The van der Waals surface area contributed by atoms with Crippen LogP contribution >= 0.6 is 0 Å². The van der Waals surface area contributed by atoms with Gasteiger partial charge < -0.3 is 20.3 Å². The third kappa shape index (κ3) is 9.26. The average Bonchev–Trinajstić information content (AvgIpc) is 2.16. The molecule has 1 unspecified atom stereocenters. The summed E-state index contributed by atoms with van der Waals surface area (Å²) in [6.45, 7) is 2.27. The lowest BCUT2D eigenvalue weighted by molar-refractivity contribution is -0.145. The van der Waals surface area contributed by atoms with Gasteiger partial charge in [0.25, 0.3) is 0 Å². The molecular formula is C10H19NO5. The number of hydrogen-bond donors (Lipinski definition) is 2. The lowest BCUT2D eigenvalue weighted by Crippen LogP contribution is -2.16. The number of ether oxygens (including phenoxy) is 2. The second-order valence-corrected chi connectivity index (χ2v) is 3.33. The molecule has 0 aromatic rings. The molecule has 0 rings (SSSR count). The van der Waals surface area contributed by atoms with Crippen molar-refractivity contribution in [3.05, 3.63) is 0 Å². The Morgan fingerprint density at radius 3 is 2.56 bits per heavy atom. The monoisotopic (exact) mass is 233 g/mol. The lowest BCUT2D eigenvalue weighted by atomic mass is 10.1. The Morgan fingerprint density at radius 1 is 1.31 bits per heavy atom. The molecule has 6 nitrogen and oxygen atoms in total. The van der Waals surface area contributed by atoms with Crippen molar-refractivity contribution in [1.82, 2.24) is 0 Å². The van der Waals surface area contributed by atoms with Crippen LogP contribution in [0, 0.1) is 0 Å². The van der Waals surface area contributed by atoms with Gasteiger partial charge in [-0.3, -0.25) is 4.79 Å². The van der Waals surface area contributed by atoms with Crippen LogP contribution in [0.1, 0.15) is 32.6 Å². The molecule has 1 atom stereocenters. The minimum Gasteiger partial charge on any atom is -0.466 e. The van der Waals surface area contributed by atoms with Gasteiger partial charge in [-0.25, -0.2) is 4.79 Å². The number of hydrogen-bond acceptors (Lipinski definition) is 5. The van der Waals surface area contributed by atoms with Gasteiger partial charge in [0, 0.05) is 0 Å². The second kappa shape index (κ2) is 8.96. The zero-order chi connectivity index (χ0) is 12.4. The summed E-state index contributed by atoms with van der Waals surface area (Å²) in [6, 6.07) is 0. The quantitative estimate of drug-likeness (QED) is 0.471. The fourth-order valence-corrected chi connectivity index (χ4v) is 1.17. The first-order valence-corrected chi connectivity index (χ1v) is 5.32. The summed E-state index contributed by atoms with van der Waals surface area (Å²) in [5.41, 5.74) is 4.76. The fourth-order valence-electron chi connectivity index (χ4n) is 1.17. The van der Waals surface area contributed by atoms with Crippen molar-refractivity contribution in [3.8, 4) is 0 Å². The molecule has 0 aliphatic heterocycles. The molecule has 0 spiro atoms. The van der Waals surface area contributed by atoms with E-state index in [4.69, 9.17) is 5.73 Å². The standard InChI is InChI=1S/C10H19NO5/c1-2-15-9(13)7-8(12)5-3-4-6-16-10(11)14/h8,12H,2-7H2,1H3,(H2,11,14). The van der Waals surface area contributed by atoms with E-state index < -0.39 is 18.2 Å². The Morgan fingerprint density at radius 2 is 2.00 bits per heavy atom. The molecule has 3 N–H and O–H groups in total. The number of aliphatic hydroxyl groups excluding tert-OH is 1. The van der Waals surface area contributed by atoms with Gasteiger partial charge in [-0.05, 0) is 26.2 Å². The summed E-state index contributed by atoms with van der Waals surface area (Å²) in [5.74, 6) is -0.400. The van der Waals surface area contributed by atoms with E-state index >= 15 is 0 Å². The zero-order valence-electron chi connectivity index (χ0n) is 9.48. The maximum Gasteiger partial charge on any atom is 0.404 e. The summed E-state index contributed by atoms with van der Waals surface area (Å²) in [7, 11) is 0. The van der Waals surface area contributed by atoms with Crippen molar-refractivity contribution in [2.75, 3.05) is 13.2 Å². The minimum atomic E-state index is -0.799. The van der Waals surface area contributed by atoms with Gasteiger partial charge >= 0.3 is 12.1 Å². The predicted octanol–water partition coefficient (Wildman–Crippen LogP) is 0.566. The third-order valence-electron chi connectivity index (χ3n) is 1.88. The van der Waals surface area contributed by atoms with Crippen LogP contribution in [-0.4, -0.2) is 36.5 Å². The van der Waals surface area contributed by atoms with Crippen molar-refractivity contribution >= 4 is 12.1 Å². The molecule has 0 heterocycles. The van der Waals surface area contributed by atoms with Crippen LogP contribution in [0.5, 0.6) is 0 Å². The molecule has 94 valence electrons. The van der Waals surface area contributed by atoms with Gasteiger partial charge in [0.15, 0.2) is 0 Å². The van der Waals surface area contributed by atoms with E-state index in [1.54, 1.807) is 6.92 Å². The third-order valence-corrected chi connectivity index (χ3v) is 1.88. The van der Waals surface area contributed by atoms with Crippen molar-refractivity contribution in [2.45, 2.75) is 38.7 Å². The van der Waals surface area contributed by atoms with E-state index in [9.17, 15) is 14.7 Å². The van der Waals surface area contributed by atoms with Crippen LogP contribution in [0.15, 0.2) is 0 Å². The molecule has 0 aliphatic rings. The minimum absolute atomic E-state index is 0.00448. The van der Waals surface area contributed by atoms with Gasteiger partial charge in [-0.15, -0.1) is 0 Å². The van der Waals surface area contributed by atoms with Gasteiger partial charge in [0.1, 0.15) is 0 Å². The number of amides is 1. The normalized spacial score (nSPS) is 11.9. The molecule has 0 saturated carbocycles. The number of esters is 1. The summed E-state index contributed by atoms with van der Waals surface area (Å²) < 4.78 is 9.20. The summed E-state index contributed by atoms with van der Waals surface area (Å²) in [5, 5.41) is 9.42. The van der Waals surface area contributed by atoms with Crippen LogP contribution in [0.2, 0.25) is 0 Å². The second-order valence-electron chi connectivity index (χ2n) is 3.33. The number of nitrogens with two attached hydrogens (primary N) is 1. The molecule has 0 fully saturated rings. The van der Waals surface area contributed by atoms with Crippen molar-refractivity contribution in [1.29, 1.82) is 0 Å². The predicted molar refractivity (Wildman–Crippen MR) is 56.6 cm³/mol. The van der Waals surface area contributed by atoms with E-state index in [0.717, 1.165) is 0 Å². The van der Waals surface area contributed by atoms with E-state index in [2.05, 4.69) is 9.47 Å². The Kier molecular flexibility index (Phi) is 8.24. The molecule has 0 bridgehead atoms. The maximum atomic E-state index is 11.0. The molecule has 0 aromatic carbocycles. The first kappa shape index (κ1) is 14.7. The summed E-state index contributed by atoms with van der Waals surface area (Å²) in [4.78, 5) is 21.2. The molecule has 0 aliphatic carbocycles. The average molecular weight is 233 g/mol. The number of aliphatic hydroxyl groups is 1. The van der Waals surface area contributed by atoms with E-state index in [-0.39, 0.29) is 13.0 Å². The molecular weight excluding hydrogens is 214 g/mol. The van der Waals surface area contributed by atoms with Crippen molar-refractivity contribution in [3.63, 3.8) is 0 Å². The molecule has 1 amide bonds. The van der Waals surface area contributed by atoms with Gasteiger partial charge in [0.2, 0.25) is 0 Å². The van der Waals surface area contributed by atoms with Crippen molar-refractivity contribution in [2.24, 2.45) is 5.73 Å². The Hall–Kier alpha value is -1.30. The first-order valence-electron chi connectivity index (χ1n) is 5.32. The SMILES string of the molecule is CCOC(=O)CC(O)CCCCOC(N)=O. The largest absolute Gasteiger partial charge is 0.466 e. The molecule has 0 saturated heterocycles. The van der Waals surface area contributed by atoms with E-state index in [0.29, 0.717) is 25.9 Å². The van der Waals surface area contributed by atoms with Crippen LogP contribution < -0.4 is 5.73 Å². The molecule has 0 aromatic heterocycles. The Labute approximate surface area is 94.7 Å². The highest BCUT2D eigenvalue weighted by Gasteiger charge is 2.10. The van der Waals surface area contributed by atoms with Crippen LogP contribution in [0.3, 0.4) is 0 Å². The first-order chi connectivity index (χ1) is 7.56. The van der Waals surface area contributed by atoms with E-state index in [1.165, 1.54) is 0 Å². The number of primary amides is 1. The highest BCUT2D eigenvalue weighted by atomic mass is 16.5. The summed E-state index contributed by atoms with van der Waals surface area (Å²) in [6.07, 6.45) is 0.252. The van der Waals surface area contributed by atoms with E-state index in [1.807, 2.05) is 0 Å². The smallest absolute Gasteiger partial charge is 0.404 e. The van der Waals surface area contributed by atoms with Gasteiger partial charge in [-0.2, -0.15) is 0 Å². The van der Waals surface area contributed by atoms with Gasteiger partial charge in [-0.1, -0.05) is 0 Å². The topological polar surface area (TPSA) is 98.8 Å². The molecule has 0 radical (unpaired) electrons. The summed E-state index contributed by atoms with van der Waals surface area (Å²) >= 11 is 0. The Bertz CT molecular complexity index is 219. The highest BCUT2D eigenvalue weighted by molar-refractivity contribution is 5.69. The number of rotatable bonds is 8. The van der Waals surface area contributed by atoms with Gasteiger partial charge in [0.05, 0.1) is 25.7 Å². The van der Waals surface area contributed by atoms with Crippen LogP contribution in [0.4, 0.5) is 4.79 Å². The highest BCUT2D eigenvalue weighted by Crippen LogP contribution is 2.05.